The van der Waals surface area contributed by atoms with E-state index in [2.05, 4.69) is 46.9 Å². The van der Waals surface area contributed by atoms with Crippen molar-refractivity contribution in [2.75, 3.05) is 0 Å². The zero-order chi connectivity index (χ0) is 11.9. The van der Waals surface area contributed by atoms with Gasteiger partial charge in [0.05, 0.1) is 0 Å². The Morgan fingerprint density at radius 2 is 1.71 bits per heavy atom. The minimum absolute atomic E-state index is 0.644. The molecular formula is C16H16N+. The lowest BCUT2D eigenvalue weighted by molar-refractivity contribution is -0.692. The number of nitrogens with zero attached hydrogens (tertiary/aromatic N) is 1. The van der Waals surface area contributed by atoms with Crippen molar-refractivity contribution in [3.8, 4) is 12.3 Å². The molecule has 0 radical (unpaired) electrons. The second-order valence-electron chi connectivity index (χ2n) is 4.01. The molecule has 2 aromatic rings. The van der Waals surface area contributed by atoms with Crippen LogP contribution in [0.5, 0.6) is 0 Å². The van der Waals surface area contributed by atoms with Crippen LogP contribution in [-0.2, 0) is 19.4 Å². The summed E-state index contributed by atoms with van der Waals surface area (Å²) in [5.41, 5.74) is 2.65. The van der Waals surface area contributed by atoms with E-state index >= 15 is 0 Å². The molecule has 84 valence electrons. The van der Waals surface area contributed by atoms with Crippen LogP contribution in [0.25, 0.3) is 0 Å². The van der Waals surface area contributed by atoms with Crippen LogP contribution in [0.15, 0.2) is 54.7 Å². The molecule has 0 spiro atoms. The summed E-state index contributed by atoms with van der Waals surface area (Å²) in [5.74, 6) is 2.69. The van der Waals surface area contributed by atoms with E-state index in [1.54, 1.807) is 0 Å². The van der Waals surface area contributed by atoms with E-state index < -0.39 is 0 Å². The van der Waals surface area contributed by atoms with Crippen LogP contribution in [0.1, 0.15) is 11.3 Å². The van der Waals surface area contributed by atoms with Crippen molar-refractivity contribution in [3.05, 3.63) is 66.0 Å². The molecule has 0 bridgehead atoms. The third kappa shape index (κ3) is 3.19. The molecule has 0 saturated carbocycles. The van der Waals surface area contributed by atoms with E-state index in [1.807, 2.05) is 18.3 Å². The molecule has 0 amide bonds. The Bertz CT molecular complexity index is 509. The first-order chi connectivity index (χ1) is 8.40. The summed E-state index contributed by atoms with van der Waals surface area (Å²) in [7, 11) is 0. The fourth-order valence-electron chi connectivity index (χ4n) is 1.91. The largest absolute Gasteiger partial charge is 0.209 e. The lowest BCUT2D eigenvalue weighted by atomic mass is 10.1. The molecule has 0 N–H and O–H groups in total. The van der Waals surface area contributed by atoms with Gasteiger partial charge in [-0.05, 0) is 17.9 Å². The van der Waals surface area contributed by atoms with Gasteiger partial charge >= 0.3 is 0 Å². The maximum Gasteiger partial charge on any atom is 0.209 e. The molecule has 0 aliphatic rings. The highest BCUT2D eigenvalue weighted by molar-refractivity contribution is 5.15. The predicted octanol–water partition coefficient (Wildman–Crippen LogP) is 2.39. The molecule has 2 rings (SSSR count). The molecule has 17 heavy (non-hydrogen) atoms. The zero-order valence-electron chi connectivity index (χ0n) is 9.84. The van der Waals surface area contributed by atoms with Gasteiger partial charge in [0.2, 0.25) is 6.54 Å². The number of hydrogen-bond acceptors (Lipinski definition) is 0. The highest BCUT2D eigenvalue weighted by atomic mass is 14.9. The molecule has 1 aromatic carbocycles. The molecule has 1 heteroatoms. The van der Waals surface area contributed by atoms with Gasteiger partial charge in [-0.15, -0.1) is 6.42 Å². The molecule has 0 aliphatic heterocycles. The van der Waals surface area contributed by atoms with Gasteiger partial charge in [0.15, 0.2) is 11.9 Å². The van der Waals surface area contributed by atoms with Crippen molar-refractivity contribution < 1.29 is 4.57 Å². The molecule has 0 unspecified atom stereocenters. The summed E-state index contributed by atoms with van der Waals surface area (Å²) in [6, 6.07) is 16.7. The topological polar surface area (TPSA) is 3.88 Å². The molecule has 0 fully saturated rings. The van der Waals surface area contributed by atoms with Crippen molar-refractivity contribution in [3.63, 3.8) is 0 Å². The highest BCUT2D eigenvalue weighted by Crippen LogP contribution is 2.03. The number of aromatic nitrogens is 1. The Labute approximate surface area is 103 Å². The van der Waals surface area contributed by atoms with Gasteiger partial charge in [-0.2, -0.15) is 4.57 Å². The lowest BCUT2D eigenvalue weighted by Gasteiger charge is -2.01. The summed E-state index contributed by atoms with van der Waals surface area (Å²) in [4.78, 5) is 0. The van der Waals surface area contributed by atoms with E-state index in [1.165, 1.54) is 11.3 Å². The molecule has 1 heterocycles. The number of hydrogen-bond donors (Lipinski definition) is 0. The average Bonchev–Trinajstić information content (AvgIpc) is 2.39. The first kappa shape index (κ1) is 11.4. The highest BCUT2D eigenvalue weighted by Gasteiger charge is 2.07. The summed E-state index contributed by atoms with van der Waals surface area (Å²) in [5, 5.41) is 0. The van der Waals surface area contributed by atoms with Gasteiger partial charge in [0.1, 0.15) is 0 Å². The first-order valence-corrected chi connectivity index (χ1v) is 5.85. The van der Waals surface area contributed by atoms with E-state index in [0.717, 1.165) is 12.8 Å². The van der Waals surface area contributed by atoms with Crippen LogP contribution in [0.3, 0.4) is 0 Å². The van der Waals surface area contributed by atoms with Crippen molar-refractivity contribution in [1.29, 1.82) is 0 Å². The maximum absolute atomic E-state index is 5.37. The van der Waals surface area contributed by atoms with Crippen LogP contribution < -0.4 is 4.57 Å². The van der Waals surface area contributed by atoms with Gasteiger partial charge in [0, 0.05) is 18.6 Å². The lowest BCUT2D eigenvalue weighted by Crippen LogP contribution is -2.37. The second kappa shape index (κ2) is 5.86. The first-order valence-electron chi connectivity index (χ1n) is 5.85. The fourth-order valence-corrected chi connectivity index (χ4v) is 1.91. The van der Waals surface area contributed by atoms with E-state index in [-0.39, 0.29) is 0 Å². The Morgan fingerprint density at radius 1 is 0.941 bits per heavy atom. The van der Waals surface area contributed by atoms with Crippen LogP contribution in [0, 0.1) is 12.3 Å². The normalized spacial score (nSPS) is 9.82. The van der Waals surface area contributed by atoms with Crippen molar-refractivity contribution in [2.45, 2.75) is 19.4 Å². The van der Waals surface area contributed by atoms with Gasteiger partial charge in [-0.1, -0.05) is 36.4 Å². The van der Waals surface area contributed by atoms with Gasteiger partial charge in [0.25, 0.3) is 0 Å². The monoisotopic (exact) mass is 222 g/mol. The van der Waals surface area contributed by atoms with E-state index in [0.29, 0.717) is 6.54 Å². The molecule has 1 nitrogen and oxygen atoms in total. The number of aryl methyl sites for hydroxylation is 2. The van der Waals surface area contributed by atoms with E-state index in [4.69, 9.17) is 6.42 Å². The average molecular weight is 222 g/mol. The summed E-state index contributed by atoms with van der Waals surface area (Å²) < 4.78 is 2.13. The van der Waals surface area contributed by atoms with E-state index in [9.17, 15) is 0 Å². The SMILES string of the molecule is C#CC[n+]1ccccc1CCc1ccccc1. The van der Waals surface area contributed by atoms with Gasteiger partial charge in [-0.25, -0.2) is 0 Å². The standard InChI is InChI=1S/C16H16N/c1-2-13-17-14-7-6-10-16(17)12-11-15-8-4-3-5-9-15/h1,3-10,14H,11-13H2/q+1. The van der Waals surface area contributed by atoms with Crippen molar-refractivity contribution in [2.24, 2.45) is 0 Å². The van der Waals surface area contributed by atoms with Crippen LogP contribution in [-0.4, -0.2) is 0 Å². The van der Waals surface area contributed by atoms with Crippen LogP contribution >= 0.6 is 0 Å². The maximum atomic E-state index is 5.37. The molecule has 1 aromatic heterocycles. The Hall–Kier alpha value is -2.07. The van der Waals surface area contributed by atoms with Crippen molar-refractivity contribution >= 4 is 0 Å². The molecular weight excluding hydrogens is 206 g/mol. The third-order valence-corrected chi connectivity index (χ3v) is 2.81. The summed E-state index contributed by atoms with van der Waals surface area (Å²) in [6.45, 7) is 0.644. The number of rotatable bonds is 4. The Kier molecular flexibility index (Phi) is 3.94. The van der Waals surface area contributed by atoms with Gasteiger partial charge < -0.3 is 0 Å². The predicted molar refractivity (Wildman–Crippen MR) is 69.3 cm³/mol. The van der Waals surface area contributed by atoms with Crippen LogP contribution in [0.2, 0.25) is 0 Å². The Balaban J connectivity index is 2.07. The summed E-state index contributed by atoms with van der Waals surface area (Å²) in [6.07, 6.45) is 9.48. The molecule has 0 saturated heterocycles. The Morgan fingerprint density at radius 3 is 2.47 bits per heavy atom. The van der Waals surface area contributed by atoms with Crippen molar-refractivity contribution in [1.82, 2.24) is 0 Å². The number of terminal acetylenes is 1. The zero-order valence-corrected chi connectivity index (χ0v) is 9.84. The minimum Gasteiger partial charge on any atom is -0.191 e. The third-order valence-electron chi connectivity index (χ3n) is 2.81. The number of pyridine rings is 1. The smallest absolute Gasteiger partial charge is 0.191 e. The fraction of sp³-hybridized carbons (Fsp3) is 0.188. The molecule has 0 atom stereocenters. The number of benzene rings is 1. The van der Waals surface area contributed by atoms with Gasteiger partial charge in [-0.3, -0.25) is 0 Å². The minimum atomic E-state index is 0.644. The van der Waals surface area contributed by atoms with Crippen LogP contribution in [0.4, 0.5) is 0 Å². The summed E-state index contributed by atoms with van der Waals surface area (Å²) >= 11 is 0. The second-order valence-corrected chi connectivity index (χ2v) is 4.01. The quantitative estimate of drug-likeness (QED) is 0.552. The molecule has 0 aliphatic carbocycles.